The van der Waals surface area contributed by atoms with Gasteiger partial charge in [-0.1, -0.05) is 23.7 Å². The first kappa shape index (κ1) is 19.1. The second kappa shape index (κ2) is 8.22. The summed E-state index contributed by atoms with van der Waals surface area (Å²) in [6.07, 6.45) is -4.74. The summed E-state index contributed by atoms with van der Waals surface area (Å²) in [7, 11) is 1.78. The lowest BCUT2D eigenvalue weighted by molar-refractivity contribution is -0.274. The molecule has 1 amide bonds. The fourth-order valence-corrected chi connectivity index (χ4v) is 2.40. The minimum atomic E-state index is -4.74. The molecule has 0 aliphatic carbocycles. The number of nitrogens with zero attached hydrogens (tertiary/aromatic N) is 1. The van der Waals surface area contributed by atoms with Gasteiger partial charge in [-0.2, -0.15) is 0 Å². The Morgan fingerprint density at radius 1 is 1.20 bits per heavy atom. The third-order valence-electron chi connectivity index (χ3n) is 3.13. The van der Waals surface area contributed by atoms with Gasteiger partial charge in [-0.3, -0.25) is 9.69 Å². The van der Waals surface area contributed by atoms with Gasteiger partial charge in [0, 0.05) is 17.3 Å². The highest BCUT2D eigenvalue weighted by Gasteiger charge is 2.30. The van der Waals surface area contributed by atoms with Crippen molar-refractivity contribution in [3.8, 4) is 5.75 Å². The number of carbonyl (C=O) groups is 1. The molecule has 0 saturated heterocycles. The fourth-order valence-electron chi connectivity index (χ4n) is 2.19. The average Bonchev–Trinajstić information content (AvgIpc) is 2.47. The van der Waals surface area contributed by atoms with Crippen LogP contribution in [0.2, 0.25) is 5.02 Å². The monoisotopic (exact) mass is 372 g/mol. The smallest absolute Gasteiger partial charge is 0.406 e. The maximum atomic E-state index is 12.1. The summed E-state index contributed by atoms with van der Waals surface area (Å²) >= 11 is 5.92. The molecule has 8 heteroatoms. The molecule has 2 rings (SSSR count). The van der Waals surface area contributed by atoms with Crippen molar-refractivity contribution in [2.75, 3.05) is 18.9 Å². The number of halogens is 4. The van der Waals surface area contributed by atoms with Crippen LogP contribution in [-0.2, 0) is 11.3 Å². The number of nitrogens with one attached hydrogen (secondary N) is 1. The molecular formula is C17H16ClF3N2O2. The number of ether oxygens (including phenoxy) is 1. The maximum absolute atomic E-state index is 12.1. The van der Waals surface area contributed by atoms with E-state index >= 15 is 0 Å². The van der Waals surface area contributed by atoms with E-state index < -0.39 is 6.36 Å². The molecule has 1 N–H and O–H groups in total. The lowest BCUT2D eigenvalue weighted by Gasteiger charge is -2.16. The van der Waals surface area contributed by atoms with Crippen molar-refractivity contribution >= 4 is 23.2 Å². The van der Waals surface area contributed by atoms with E-state index in [1.165, 1.54) is 12.1 Å². The molecule has 0 unspecified atom stereocenters. The van der Waals surface area contributed by atoms with Crippen molar-refractivity contribution in [3.05, 3.63) is 59.1 Å². The summed E-state index contributed by atoms with van der Waals surface area (Å²) in [6, 6.07) is 12.3. The van der Waals surface area contributed by atoms with E-state index in [1.54, 1.807) is 18.0 Å². The minimum absolute atomic E-state index is 0.118. The number of likely N-dealkylation sites (N-methyl/N-ethyl adjacent to an activating group) is 1. The third-order valence-corrected chi connectivity index (χ3v) is 3.36. The molecule has 0 aliphatic heterocycles. The highest BCUT2D eigenvalue weighted by Crippen LogP contribution is 2.23. The van der Waals surface area contributed by atoms with Crippen LogP contribution < -0.4 is 10.1 Å². The van der Waals surface area contributed by atoms with Gasteiger partial charge in [0.05, 0.1) is 6.54 Å². The van der Waals surface area contributed by atoms with Crippen molar-refractivity contribution in [2.45, 2.75) is 12.9 Å². The SMILES string of the molecule is CN(CC(=O)Nc1ccc(OC(F)(F)F)cc1)Cc1cccc(Cl)c1. The van der Waals surface area contributed by atoms with Crippen LogP contribution in [0, 0.1) is 0 Å². The van der Waals surface area contributed by atoms with Gasteiger partial charge in [0.2, 0.25) is 5.91 Å². The van der Waals surface area contributed by atoms with Gasteiger partial charge in [-0.25, -0.2) is 0 Å². The van der Waals surface area contributed by atoms with Crippen LogP contribution in [0.4, 0.5) is 18.9 Å². The Morgan fingerprint density at radius 2 is 1.88 bits per heavy atom. The molecule has 25 heavy (non-hydrogen) atoms. The molecule has 0 saturated carbocycles. The topological polar surface area (TPSA) is 41.6 Å². The molecule has 0 radical (unpaired) electrons. The van der Waals surface area contributed by atoms with E-state index in [1.807, 2.05) is 18.2 Å². The predicted molar refractivity (Wildman–Crippen MR) is 89.5 cm³/mol. The molecule has 2 aromatic carbocycles. The summed E-state index contributed by atoms with van der Waals surface area (Å²) in [6.45, 7) is 0.652. The van der Waals surface area contributed by atoms with Crippen molar-refractivity contribution < 1.29 is 22.7 Å². The van der Waals surface area contributed by atoms with Gasteiger partial charge in [0.15, 0.2) is 0 Å². The summed E-state index contributed by atoms with van der Waals surface area (Å²) < 4.78 is 40.1. The van der Waals surface area contributed by atoms with E-state index in [9.17, 15) is 18.0 Å². The van der Waals surface area contributed by atoms with E-state index in [4.69, 9.17) is 11.6 Å². The van der Waals surface area contributed by atoms with Crippen molar-refractivity contribution in [3.63, 3.8) is 0 Å². The first-order chi connectivity index (χ1) is 11.7. The van der Waals surface area contributed by atoms with Gasteiger partial charge < -0.3 is 10.1 Å². The molecule has 0 aliphatic rings. The van der Waals surface area contributed by atoms with Crippen LogP contribution in [0.3, 0.4) is 0 Å². The minimum Gasteiger partial charge on any atom is -0.406 e. The van der Waals surface area contributed by atoms with E-state index in [2.05, 4.69) is 10.1 Å². The Morgan fingerprint density at radius 3 is 2.48 bits per heavy atom. The first-order valence-corrected chi connectivity index (χ1v) is 7.68. The standard InChI is InChI=1S/C17H16ClF3N2O2/c1-23(10-12-3-2-4-13(18)9-12)11-16(24)22-14-5-7-15(8-6-14)25-17(19,20)21/h2-9H,10-11H2,1H3,(H,22,24). The highest BCUT2D eigenvalue weighted by atomic mass is 35.5. The number of anilines is 1. The van der Waals surface area contributed by atoms with E-state index in [-0.39, 0.29) is 18.2 Å². The number of hydrogen-bond donors (Lipinski definition) is 1. The molecule has 0 atom stereocenters. The number of alkyl halides is 3. The molecule has 0 aromatic heterocycles. The lowest BCUT2D eigenvalue weighted by atomic mass is 10.2. The second-order valence-electron chi connectivity index (χ2n) is 5.42. The van der Waals surface area contributed by atoms with Crippen LogP contribution >= 0.6 is 11.6 Å². The van der Waals surface area contributed by atoms with Crippen LogP contribution in [-0.4, -0.2) is 30.8 Å². The van der Waals surface area contributed by atoms with Gasteiger partial charge in [0.25, 0.3) is 0 Å². The lowest BCUT2D eigenvalue weighted by Crippen LogP contribution is -2.29. The molecule has 2 aromatic rings. The Labute approximate surface area is 148 Å². The zero-order chi connectivity index (χ0) is 18.4. The normalized spacial score (nSPS) is 11.4. The number of rotatable bonds is 6. The summed E-state index contributed by atoms with van der Waals surface area (Å²) in [5.74, 6) is -0.627. The summed E-state index contributed by atoms with van der Waals surface area (Å²) in [4.78, 5) is 13.8. The van der Waals surface area contributed by atoms with Gasteiger partial charge in [0.1, 0.15) is 5.75 Å². The van der Waals surface area contributed by atoms with Crippen LogP contribution in [0.15, 0.2) is 48.5 Å². The highest BCUT2D eigenvalue weighted by molar-refractivity contribution is 6.30. The Hall–Kier alpha value is -2.25. The third kappa shape index (κ3) is 7.03. The van der Waals surface area contributed by atoms with Crippen molar-refractivity contribution in [1.82, 2.24) is 4.90 Å². The fraction of sp³-hybridized carbons (Fsp3) is 0.235. The summed E-state index contributed by atoms with van der Waals surface area (Å²) in [5.41, 5.74) is 1.35. The largest absolute Gasteiger partial charge is 0.573 e. The quantitative estimate of drug-likeness (QED) is 0.821. The molecule has 0 spiro atoms. The molecule has 0 heterocycles. The first-order valence-electron chi connectivity index (χ1n) is 7.30. The number of amides is 1. The Balaban J connectivity index is 1.85. The average molecular weight is 373 g/mol. The van der Waals surface area contributed by atoms with Gasteiger partial charge in [-0.15, -0.1) is 13.2 Å². The van der Waals surface area contributed by atoms with E-state index in [0.717, 1.165) is 17.7 Å². The zero-order valence-corrected chi connectivity index (χ0v) is 14.1. The van der Waals surface area contributed by atoms with E-state index in [0.29, 0.717) is 17.3 Å². The molecular weight excluding hydrogens is 357 g/mol. The van der Waals surface area contributed by atoms with Gasteiger partial charge >= 0.3 is 6.36 Å². The number of benzene rings is 2. The number of carbonyl (C=O) groups excluding carboxylic acids is 1. The molecule has 0 fully saturated rings. The molecule has 4 nitrogen and oxygen atoms in total. The summed E-state index contributed by atoms with van der Waals surface area (Å²) in [5, 5.41) is 3.24. The van der Waals surface area contributed by atoms with Crippen molar-refractivity contribution in [2.24, 2.45) is 0 Å². The molecule has 0 bridgehead atoms. The molecule has 134 valence electrons. The predicted octanol–water partition coefficient (Wildman–Crippen LogP) is 4.31. The Bertz CT molecular complexity index is 721. The van der Waals surface area contributed by atoms with Crippen LogP contribution in [0.1, 0.15) is 5.56 Å². The van der Waals surface area contributed by atoms with Crippen LogP contribution in [0.5, 0.6) is 5.75 Å². The Kier molecular flexibility index (Phi) is 6.27. The van der Waals surface area contributed by atoms with Crippen LogP contribution in [0.25, 0.3) is 0 Å². The van der Waals surface area contributed by atoms with Gasteiger partial charge in [-0.05, 0) is 49.0 Å². The maximum Gasteiger partial charge on any atom is 0.573 e. The second-order valence-corrected chi connectivity index (χ2v) is 5.86. The zero-order valence-electron chi connectivity index (χ0n) is 13.3. The van der Waals surface area contributed by atoms with Crippen molar-refractivity contribution in [1.29, 1.82) is 0 Å². The number of hydrogen-bond acceptors (Lipinski definition) is 3.